The minimum absolute atomic E-state index is 0.00188. The number of halogens is 3. The lowest BCUT2D eigenvalue weighted by Gasteiger charge is -2.17. The second kappa shape index (κ2) is 11.0. The number of sulfonamides is 1. The number of carbonyl (C=O) groups is 2. The summed E-state index contributed by atoms with van der Waals surface area (Å²) >= 11 is 12.2. The van der Waals surface area contributed by atoms with Crippen LogP contribution < -0.4 is 10.0 Å². The topological polar surface area (TPSA) is 138 Å². The van der Waals surface area contributed by atoms with Crippen molar-refractivity contribution in [1.82, 2.24) is 14.1 Å². The van der Waals surface area contributed by atoms with Crippen LogP contribution in [0.1, 0.15) is 15.9 Å². The predicted octanol–water partition coefficient (Wildman–Crippen LogP) is 4.94. The van der Waals surface area contributed by atoms with Gasteiger partial charge in [0.25, 0.3) is 15.9 Å². The lowest BCUT2D eigenvalue weighted by molar-refractivity contribution is -0.139. The van der Waals surface area contributed by atoms with Crippen LogP contribution >= 0.6 is 61.8 Å². The molecule has 0 saturated heterocycles. The maximum Gasteiger partial charge on any atom is 0.326 e. The first-order valence-corrected chi connectivity index (χ1v) is 14.5. The summed E-state index contributed by atoms with van der Waals surface area (Å²) in [6.07, 6.45) is -0.0128. The van der Waals surface area contributed by atoms with Gasteiger partial charge in [-0.25, -0.2) is 13.2 Å². The number of carboxylic acid groups (broad SMARTS) is 1. The summed E-state index contributed by atoms with van der Waals surface area (Å²) in [5, 5.41) is 12.7. The summed E-state index contributed by atoms with van der Waals surface area (Å²) in [5.74, 6) is -2.00. The van der Waals surface area contributed by atoms with Gasteiger partial charge in [-0.15, -0.1) is 0 Å². The maximum atomic E-state index is 13.2. The molecule has 0 aliphatic heterocycles. The Hall–Kier alpha value is -2.33. The first-order chi connectivity index (χ1) is 17.0. The molecule has 186 valence electrons. The van der Waals surface area contributed by atoms with Crippen molar-refractivity contribution >= 4 is 100 Å². The highest BCUT2D eigenvalue weighted by Crippen LogP contribution is 2.27. The van der Waals surface area contributed by atoms with Gasteiger partial charge in [0.15, 0.2) is 0 Å². The zero-order valence-corrected chi connectivity index (χ0v) is 24.0. The number of benzene rings is 3. The Morgan fingerprint density at radius 1 is 1.14 bits per heavy atom. The van der Waals surface area contributed by atoms with Crippen LogP contribution in [0.3, 0.4) is 0 Å². The number of nitrogens with one attached hydrogen (secondary N) is 2. The molecule has 0 spiro atoms. The number of rotatable bonds is 8. The van der Waals surface area contributed by atoms with Gasteiger partial charge in [0, 0.05) is 14.5 Å². The molecule has 1 amide bonds. The third-order valence-electron chi connectivity index (χ3n) is 5.04. The number of aromatic nitrogens is 2. The van der Waals surface area contributed by atoms with E-state index in [9.17, 15) is 23.1 Å². The van der Waals surface area contributed by atoms with Crippen LogP contribution in [0.5, 0.6) is 0 Å². The molecule has 0 radical (unpaired) electrons. The summed E-state index contributed by atoms with van der Waals surface area (Å²) in [5.41, 5.74) is 1.24. The molecule has 0 saturated carbocycles. The van der Waals surface area contributed by atoms with E-state index >= 15 is 0 Å². The van der Waals surface area contributed by atoms with Crippen LogP contribution in [-0.4, -0.2) is 40.2 Å². The molecule has 3 N–H and O–H groups in total. The van der Waals surface area contributed by atoms with Gasteiger partial charge >= 0.3 is 5.97 Å². The Labute approximate surface area is 236 Å². The highest BCUT2D eigenvalue weighted by molar-refractivity contribution is 14.1. The molecule has 3 aromatic carbocycles. The zero-order valence-electron chi connectivity index (χ0n) is 17.9. The fourth-order valence-electron chi connectivity index (χ4n) is 3.34. The molecule has 1 heterocycles. The van der Waals surface area contributed by atoms with Gasteiger partial charge in [0.1, 0.15) is 22.0 Å². The molecule has 0 aliphatic carbocycles. The quantitative estimate of drug-likeness (QED) is 0.219. The highest BCUT2D eigenvalue weighted by Gasteiger charge is 2.26. The lowest BCUT2D eigenvalue weighted by atomic mass is 10.1. The summed E-state index contributed by atoms with van der Waals surface area (Å²) in [4.78, 5) is 24.9. The van der Waals surface area contributed by atoms with Gasteiger partial charge in [0.2, 0.25) is 0 Å². The van der Waals surface area contributed by atoms with Gasteiger partial charge in [-0.2, -0.15) is 8.75 Å². The second-order valence-corrected chi connectivity index (χ2v) is 12.2. The van der Waals surface area contributed by atoms with E-state index in [1.165, 1.54) is 18.2 Å². The standard InChI is InChI=1S/C22H15BrClIN4O5S2/c23-14-8-11(4-7-15(14)24)9-18(22(31)32)26-21(30)13-6-5-12(25)10-17(13)29-36(33,34)19-3-1-2-16-20(19)28-35-27-16/h1-8,10,18,29H,9H2,(H,26,30)(H,31,32)/t18-/m0/s1. The molecule has 0 aliphatic rings. The number of carbonyl (C=O) groups excluding carboxylic acids is 1. The van der Waals surface area contributed by atoms with E-state index < -0.39 is 27.9 Å². The van der Waals surface area contributed by atoms with Gasteiger partial charge < -0.3 is 10.4 Å². The fourth-order valence-corrected chi connectivity index (χ4v) is 6.21. The number of carboxylic acids is 1. The monoisotopic (exact) mass is 720 g/mol. The Bertz CT molecular complexity index is 1600. The Balaban J connectivity index is 1.62. The number of aliphatic carboxylic acids is 1. The van der Waals surface area contributed by atoms with Crippen molar-refractivity contribution in [3.8, 4) is 0 Å². The van der Waals surface area contributed by atoms with E-state index in [2.05, 4.69) is 34.7 Å². The Morgan fingerprint density at radius 3 is 2.64 bits per heavy atom. The molecule has 0 fully saturated rings. The smallest absolute Gasteiger partial charge is 0.326 e. The molecule has 14 heteroatoms. The zero-order chi connectivity index (χ0) is 26.0. The fraction of sp³-hybridized carbons (Fsp3) is 0.0909. The molecular formula is C22H15BrClIN4O5S2. The second-order valence-electron chi connectivity index (χ2n) is 7.50. The van der Waals surface area contributed by atoms with Crippen LogP contribution in [0, 0.1) is 3.57 Å². The summed E-state index contributed by atoms with van der Waals surface area (Å²) in [6.45, 7) is 0. The van der Waals surface area contributed by atoms with Crippen molar-refractivity contribution in [3.63, 3.8) is 0 Å². The first-order valence-electron chi connectivity index (χ1n) is 10.1. The summed E-state index contributed by atoms with van der Waals surface area (Å²) in [7, 11) is -4.15. The molecule has 0 bridgehead atoms. The molecule has 36 heavy (non-hydrogen) atoms. The van der Waals surface area contributed by atoms with Crippen molar-refractivity contribution in [2.75, 3.05) is 4.72 Å². The minimum Gasteiger partial charge on any atom is -0.480 e. The molecule has 1 aromatic heterocycles. The van der Waals surface area contributed by atoms with Gasteiger partial charge in [-0.1, -0.05) is 23.7 Å². The molecule has 4 aromatic rings. The third kappa shape index (κ3) is 5.96. The van der Waals surface area contributed by atoms with Crippen LogP contribution in [0.25, 0.3) is 11.0 Å². The van der Waals surface area contributed by atoms with Crippen LogP contribution in [0.2, 0.25) is 5.02 Å². The average Bonchev–Trinajstić information content (AvgIpc) is 3.29. The van der Waals surface area contributed by atoms with Crippen molar-refractivity contribution in [2.45, 2.75) is 17.4 Å². The van der Waals surface area contributed by atoms with Gasteiger partial charge in [-0.05, 0) is 86.5 Å². The van der Waals surface area contributed by atoms with E-state index in [4.69, 9.17) is 11.6 Å². The largest absolute Gasteiger partial charge is 0.480 e. The van der Waals surface area contributed by atoms with Crippen LogP contribution in [0.4, 0.5) is 5.69 Å². The summed E-state index contributed by atoms with van der Waals surface area (Å²) in [6, 6.07) is 12.8. The van der Waals surface area contributed by atoms with Crippen molar-refractivity contribution in [1.29, 1.82) is 0 Å². The maximum absolute atomic E-state index is 13.2. The number of amides is 1. The van der Waals surface area contributed by atoms with E-state index in [0.29, 0.717) is 24.1 Å². The molecule has 1 atom stereocenters. The SMILES string of the molecule is O=C(N[C@@H](Cc1ccc(Cl)c(Br)c1)C(=O)O)c1ccc(I)cc1NS(=O)(=O)c1cccc2nsnc12. The number of nitrogens with zero attached hydrogens (tertiary/aromatic N) is 2. The third-order valence-corrected chi connectivity index (χ3v) is 8.86. The number of anilines is 1. The molecule has 9 nitrogen and oxygen atoms in total. The van der Waals surface area contributed by atoms with E-state index in [1.807, 2.05) is 22.6 Å². The molecular weight excluding hydrogens is 707 g/mol. The summed E-state index contributed by atoms with van der Waals surface area (Å²) < 4.78 is 38.3. The first kappa shape index (κ1) is 26.7. The molecule has 0 unspecified atom stereocenters. The lowest BCUT2D eigenvalue weighted by Crippen LogP contribution is -2.42. The predicted molar refractivity (Wildman–Crippen MR) is 149 cm³/mol. The van der Waals surface area contributed by atoms with E-state index in [0.717, 1.165) is 11.7 Å². The van der Waals surface area contributed by atoms with Gasteiger partial charge in [0.05, 0.1) is 28.0 Å². The molecule has 4 rings (SSSR count). The average molecular weight is 722 g/mol. The van der Waals surface area contributed by atoms with Gasteiger partial charge in [-0.3, -0.25) is 9.52 Å². The van der Waals surface area contributed by atoms with Crippen molar-refractivity contribution in [2.24, 2.45) is 0 Å². The van der Waals surface area contributed by atoms with E-state index in [-0.39, 0.29) is 28.1 Å². The number of fused-ring (bicyclic) bond motifs is 1. The highest BCUT2D eigenvalue weighted by atomic mass is 127. The van der Waals surface area contributed by atoms with Crippen molar-refractivity contribution < 1.29 is 23.1 Å². The normalized spacial score (nSPS) is 12.3. The van der Waals surface area contributed by atoms with Crippen molar-refractivity contribution in [3.05, 3.63) is 78.8 Å². The minimum atomic E-state index is -4.15. The van der Waals surface area contributed by atoms with E-state index in [1.54, 1.807) is 36.4 Å². The number of hydrogen-bond acceptors (Lipinski definition) is 7. The van der Waals surface area contributed by atoms with Crippen LogP contribution in [0.15, 0.2) is 64.0 Å². The Morgan fingerprint density at radius 2 is 1.92 bits per heavy atom. The Kier molecular flexibility index (Phi) is 8.14. The number of hydrogen-bond donors (Lipinski definition) is 3. The van der Waals surface area contributed by atoms with Crippen LogP contribution in [-0.2, 0) is 21.2 Å².